The van der Waals surface area contributed by atoms with Crippen LogP contribution in [0.3, 0.4) is 0 Å². The lowest BCUT2D eigenvalue weighted by Gasteiger charge is -2.37. The summed E-state index contributed by atoms with van der Waals surface area (Å²) in [4.78, 5) is 17.1. The third-order valence-electron chi connectivity index (χ3n) is 4.73. The van der Waals surface area contributed by atoms with Crippen LogP contribution in [0.2, 0.25) is 0 Å². The molecule has 1 aliphatic heterocycles. The highest BCUT2D eigenvalue weighted by atomic mass is 32.1. The first-order valence-electron chi connectivity index (χ1n) is 8.62. The summed E-state index contributed by atoms with van der Waals surface area (Å²) < 4.78 is 5.42. The number of benzene rings is 1. The third kappa shape index (κ3) is 4.45. The van der Waals surface area contributed by atoms with Gasteiger partial charge in [0.2, 0.25) is 0 Å². The van der Waals surface area contributed by atoms with Crippen molar-refractivity contribution in [3.63, 3.8) is 0 Å². The van der Waals surface area contributed by atoms with Crippen LogP contribution in [0.25, 0.3) is 10.6 Å². The fourth-order valence-electron chi connectivity index (χ4n) is 3.29. The molecule has 1 aromatic heterocycles. The Labute approximate surface area is 152 Å². The summed E-state index contributed by atoms with van der Waals surface area (Å²) in [6, 6.07) is 7.68. The predicted molar refractivity (Wildman–Crippen MR) is 101 cm³/mol. The van der Waals surface area contributed by atoms with Crippen molar-refractivity contribution in [3.8, 4) is 10.6 Å². The number of methoxy groups -OCH3 is 1. The van der Waals surface area contributed by atoms with Crippen LogP contribution in [-0.4, -0.2) is 44.2 Å². The number of hydrogen-bond donors (Lipinski definition) is 2. The van der Waals surface area contributed by atoms with E-state index in [1.165, 1.54) is 0 Å². The lowest BCUT2D eigenvalue weighted by atomic mass is 9.79. The molecule has 0 unspecified atom stereocenters. The number of aryl methyl sites for hydroxylation is 1. The second kappa shape index (κ2) is 8.08. The lowest BCUT2D eigenvalue weighted by Crippen LogP contribution is -2.47. The zero-order chi connectivity index (χ0) is 17.7. The van der Waals surface area contributed by atoms with Gasteiger partial charge >= 0.3 is 0 Å². The topological polar surface area (TPSA) is 63.2 Å². The first-order chi connectivity index (χ1) is 12.1. The normalized spacial score (nSPS) is 16.6. The van der Waals surface area contributed by atoms with E-state index in [0.717, 1.165) is 42.2 Å². The lowest BCUT2D eigenvalue weighted by molar-refractivity contribution is 0.0512. The molecule has 0 bridgehead atoms. The number of aromatic nitrogens is 1. The maximum Gasteiger partial charge on any atom is 0.251 e. The van der Waals surface area contributed by atoms with Gasteiger partial charge < -0.3 is 15.4 Å². The van der Waals surface area contributed by atoms with E-state index >= 15 is 0 Å². The molecule has 1 fully saturated rings. The molecule has 3 rings (SSSR count). The fraction of sp³-hybridized carbons (Fsp3) is 0.474. The molecule has 2 heterocycles. The molecule has 1 aliphatic rings. The maximum atomic E-state index is 12.6. The van der Waals surface area contributed by atoms with Crippen molar-refractivity contribution >= 4 is 17.2 Å². The Morgan fingerprint density at radius 3 is 2.88 bits per heavy atom. The molecular formula is C19H25N3O2S. The number of amides is 1. The van der Waals surface area contributed by atoms with Crippen LogP contribution in [0, 0.1) is 12.3 Å². The summed E-state index contributed by atoms with van der Waals surface area (Å²) >= 11 is 1.60. The van der Waals surface area contributed by atoms with E-state index in [4.69, 9.17) is 4.74 Å². The number of piperidine rings is 1. The number of thiazole rings is 1. The predicted octanol–water partition coefficient (Wildman–Crippen LogP) is 2.86. The van der Waals surface area contributed by atoms with Crippen molar-refractivity contribution in [2.45, 2.75) is 19.8 Å². The second-order valence-corrected chi connectivity index (χ2v) is 7.60. The summed E-state index contributed by atoms with van der Waals surface area (Å²) in [6.45, 7) is 5.23. The number of carbonyl (C=O) groups excluding carboxylic acids is 1. The van der Waals surface area contributed by atoms with Gasteiger partial charge in [-0.05, 0) is 45.0 Å². The molecule has 0 aliphatic carbocycles. The standard InChI is InChI=1S/C19H25N3O2S/c1-14-11-25-18(22-14)16-5-3-4-15(10-16)17(23)21-12-19(13-24-2)6-8-20-9-7-19/h3-5,10-11,20H,6-9,12-13H2,1-2H3,(H,21,23). The highest BCUT2D eigenvalue weighted by molar-refractivity contribution is 7.13. The molecule has 2 N–H and O–H groups in total. The molecule has 0 saturated carbocycles. The monoisotopic (exact) mass is 359 g/mol. The molecule has 2 aromatic rings. The largest absolute Gasteiger partial charge is 0.384 e. The van der Waals surface area contributed by atoms with Gasteiger partial charge in [0, 0.05) is 41.3 Å². The zero-order valence-corrected chi connectivity index (χ0v) is 15.6. The van der Waals surface area contributed by atoms with Gasteiger partial charge in [-0.25, -0.2) is 4.98 Å². The molecule has 0 radical (unpaired) electrons. The molecule has 0 spiro atoms. The number of nitrogens with one attached hydrogen (secondary N) is 2. The average molecular weight is 359 g/mol. The van der Waals surface area contributed by atoms with Crippen molar-refractivity contribution in [1.82, 2.24) is 15.6 Å². The Kier molecular flexibility index (Phi) is 5.83. The first kappa shape index (κ1) is 18.0. The molecule has 1 amide bonds. The van der Waals surface area contributed by atoms with Gasteiger partial charge in [0.25, 0.3) is 5.91 Å². The second-order valence-electron chi connectivity index (χ2n) is 6.74. The van der Waals surface area contributed by atoms with Gasteiger partial charge in [-0.15, -0.1) is 11.3 Å². The Balaban J connectivity index is 1.68. The van der Waals surface area contributed by atoms with Gasteiger partial charge in [-0.3, -0.25) is 4.79 Å². The van der Waals surface area contributed by atoms with Gasteiger partial charge in [0.05, 0.1) is 6.61 Å². The zero-order valence-electron chi connectivity index (χ0n) is 14.8. The number of ether oxygens (including phenoxy) is 1. The highest BCUT2D eigenvalue weighted by Crippen LogP contribution is 2.28. The fourth-order valence-corrected chi connectivity index (χ4v) is 4.08. The Bertz CT molecular complexity index is 717. The van der Waals surface area contributed by atoms with E-state index in [0.29, 0.717) is 18.7 Å². The molecule has 1 saturated heterocycles. The summed E-state index contributed by atoms with van der Waals surface area (Å²) in [7, 11) is 1.73. The molecule has 0 atom stereocenters. The van der Waals surface area contributed by atoms with Crippen LogP contribution in [0.1, 0.15) is 28.9 Å². The maximum absolute atomic E-state index is 12.6. The number of rotatable bonds is 6. The highest BCUT2D eigenvalue weighted by Gasteiger charge is 2.32. The van der Waals surface area contributed by atoms with Crippen molar-refractivity contribution < 1.29 is 9.53 Å². The van der Waals surface area contributed by atoms with Crippen molar-refractivity contribution in [2.24, 2.45) is 5.41 Å². The average Bonchev–Trinajstić information content (AvgIpc) is 3.07. The molecular weight excluding hydrogens is 334 g/mol. The van der Waals surface area contributed by atoms with E-state index in [2.05, 4.69) is 15.6 Å². The van der Waals surface area contributed by atoms with E-state index in [1.807, 2.05) is 36.6 Å². The van der Waals surface area contributed by atoms with Crippen LogP contribution in [0.4, 0.5) is 0 Å². The van der Waals surface area contributed by atoms with Gasteiger partial charge in [-0.2, -0.15) is 0 Å². The van der Waals surface area contributed by atoms with E-state index in [9.17, 15) is 4.79 Å². The van der Waals surface area contributed by atoms with Crippen molar-refractivity contribution in [1.29, 1.82) is 0 Å². The molecule has 134 valence electrons. The van der Waals surface area contributed by atoms with Gasteiger partial charge in [-0.1, -0.05) is 12.1 Å². The van der Waals surface area contributed by atoms with Gasteiger partial charge in [0.1, 0.15) is 5.01 Å². The smallest absolute Gasteiger partial charge is 0.251 e. The van der Waals surface area contributed by atoms with Crippen LogP contribution < -0.4 is 10.6 Å². The molecule has 1 aromatic carbocycles. The minimum atomic E-state index is -0.0378. The molecule has 6 heteroatoms. The number of carbonyl (C=O) groups is 1. The summed E-state index contributed by atoms with van der Waals surface area (Å²) in [6.07, 6.45) is 2.03. The van der Waals surface area contributed by atoms with E-state index in [-0.39, 0.29) is 11.3 Å². The van der Waals surface area contributed by atoms with Crippen LogP contribution in [0.15, 0.2) is 29.6 Å². The Morgan fingerprint density at radius 2 is 2.20 bits per heavy atom. The van der Waals surface area contributed by atoms with E-state index < -0.39 is 0 Å². The summed E-state index contributed by atoms with van der Waals surface area (Å²) in [5.74, 6) is -0.0378. The first-order valence-corrected chi connectivity index (χ1v) is 9.50. The summed E-state index contributed by atoms with van der Waals surface area (Å²) in [5, 5.41) is 9.45. The van der Waals surface area contributed by atoms with Gasteiger partial charge in [0.15, 0.2) is 0 Å². The minimum Gasteiger partial charge on any atom is -0.384 e. The number of hydrogen-bond acceptors (Lipinski definition) is 5. The minimum absolute atomic E-state index is 0.0275. The SMILES string of the molecule is COCC1(CNC(=O)c2cccc(-c3nc(C)cs3)c2)CCNCC1. The van der Waals surface area contributed by atoms with Crippen LogP contribution in [-0.2, 0) is 4.74 Å². The van der Waals surface area contributed by atoms with Crippen molar-refractivity contribution in [3.05, 3.63) is 40.9 Å². The van der Waals surface area contributed by atoms with Crippen LogP contribution in [0.5, 0.6) is 0 Å². The van der Waals surface area contributed by atoms with E-state index in [1.54, 1.807) is 18.4 Å². The van der Waals surface area contributed by atoms with Crippen molar-refractivity contribution in [2.75, 3.05) is 33.4 Å². The Hall–Kier alpha value is -1.76. The molecule has 25 heavy (non-hydrogen) atoms. The quantitative estimate of drug-likeness (QED) is 0.832. The number of nitrogens with zero attached hydrogens (tertiary/aromatic N) is 1. The Morgan fingerprint density at radius 1 is 1.40 bits per heavy atom. The molecule has 5 nitrogen and oxygen atoms in total. The summed E-state index contributed by atoms with van der Waals surface area (Å²) in [5.41, 5.74) is 2.69. The van der Waals surface area contributed by atoms with Crippen LogP contribution >= 0.6 is 11.3 Å². The third-order valence-corrected chi connectivity index (χ3v) is 5.74.